The molecule has 80 heavy (non-hydrogen) atoms. The van der Waals surface area contributed by atoms with Crippen LogP contribution >= 0.6 is 11.3 Å². The minimum absolute atomic E-state index is 0.167. The molecule has 1 nitrogen and oxygen atoms in total. The standard InChI is InChI=1S/C44H28OS.C17H20.C17H14/c1-27-17-23-33-32-9-2-5-14-38(32)44(39(33)25-27,30-22-24-36-35-11-4-7-16-41(35)46-42(36)26-30)29-20-18-28(19-21-29)31-12-8-13-37-34-10-3-6-15-40(34)45-43(31)37;1-16(2)10-9-13-12-7-5-6-8-14(12)17(3,4)15(13)11-16;1-13-9-11-15(12-10-13)17-8-4-6-14-5-2-3-7-16(14)17/h2-26H,1H3;5-9,11H,10H2,1-4H3;2-12H,1H3. The van der Waals surface area contributed by atoms with E-state index in [0.717, 1.165) is 39.5 Å². The van der Waals surface area contributed by atoms with Gasteiger partial charge in [-0.25, -0.2) is 0 Å². The van der Waals surface area contributed by atoms with Crippen LogP contribution in [0, 0.1) is 19.3 Å². The highest BCUT2D eigenvalue weighted by Crippen LogP contribution is 2.58. The van der Waals surface area contributed by atoms with Crippen LogP contribution in [0.15, 0.2) is 265 Å². The van der Waals surface area contributed by atoms with E-state index in [1.165, 1.54) is 109 Å². The molecule has 3 aliphatic rings. The zero-order chi connectivity index (χ0) is 54.3. The average Bonchev–Trinajstić information content (AvgIpc) is 4.29. The Morgan fingerprint density at radius 3 is 1.80 bits per heavy atom. The van der Waals surface area contributed by atoms with E-state index in [9.17, 15) is 0 Å². The molecule has 0 bridgehead atoms. The average molecular weight is 1050 g/mol. The van der Waals surface area contributed by atoms with Crippen molar-refractivity contribution in [2.24, 2.45) is 5.41 Å². The van der Waals surface area contributed by atoms with Crippen molar-refractivity contribution >= 4 is 69.8 Å². The molecule has 0 amide bonds. The van der Waals surface area contributed by atoms with Crippen molar-refractivity contribution in [3.63, 3.8) is 0 Å². The van der Waals surface area contributed by atoms with E-state index in [0.29, 0.717) is 5.41 Å². The van der Waals surface area contributed by atoms with E-state index < -0.39 is 5.41 Å². The summed E-state index contributed by atoms with van der Waals surface area (Å²) in [7, 11) is 0. The molecule has 0 fully saturated rings. The molecule has 16 rings (SSSR count). The fourth-order valence-corrected chi connectivity index (χ4v) is 14.6. The van der Waals surface area contributed by atoms with E-state index in [2.05, 4.69) is 290 Å². The van der Waals surface area contributed by atoms with Gasteiger partial charge in [0.1, 0.15) is 11.2 Å². The van der Waals surface area contributed by atoms with Gasteiger partial charge in [0, 0.05) is 41.9 Å². The molecule has 3 aliphatic carbocycles. The predicted octanol–water partition coefficient (Wildman–Crippen LogP) is 21.8. The van der Waals surface area contributed by atoms with E-state index in [1.54, 1.807) is 0 Å². The molecule has 0 aliphatic heterocycles. The number of rotatable bonds is 4. The Morgan fingerprint density at radius 1 is 0.400 bits per heavy atom. The summed E-state index contributed by atoms with van der Waals surface area (Å²) >= 11 is 1.89. The van der Waals surface area contributed by atoms with Crippen molar-refractivity contribution in [2.45, 2.75) is 58.8 Å². The molecule has 1 atom stereocenters. The molecule has 0 spiro atoms. The van der Waals surface area contributed by atoms with Crippen molar-refractivity contribution in [3.05, 3.63) is 305 Å². The maximum absolute atomic E-state index is 6.43. The minimum atomic E-state index is -0.452. The zero-order valence-corrected chi connectivity index (χ0v) is 47.1. The molecular weight excluding hydrogens is 985 g/mol. The number of benzene rings is 11. The van der Waals surface area contributed by atoms with Gasteiger partial charge in [-0.15, -0.1) is 11.3 Å². The third-order valence-corrected chi connectivity index (χ3v) is 18.6. The van der Waals surface area contributed by atoms with E-state index in [1.807, 2.05) is 17.4 Å². The van der Waals surface area contributed by atoms with Crippen molar-refractivity contribution < 1.29 is 4.42 Å². The van der Waals surface area contributed by atoms with Gasteiger partial charge in [0.05, 0.1) is 5.41 Å². The number of furan rings is 1. The van der Waals surface area contributed by atoms with Crippen molar-refractivity contribution in [2.75, 3.05) is 0 Å². The molecule has 2 heteroatoms. The number of thiophene rings is 1. The highest BCUT2D eigenvalue weighted by Gasteiger charge is 2.46. The van der Waals surface area contributed by atoms with Gasteiger partial charge >= 0.3 is 0 Å². The number of para-hydroxylation sites is 2. The Bertz CT molecular complexity index is 4620. The molecular formula is C78H62OS. The highest BCUT2D eigenvalue weighted by molar-refractivity contribution is 7.25. The Labute approximate surface area is 473 Å². The van der Waals surface area contributed by atoms with Crippen molar-refractivity contribution in [1.82, 2.24) is 0 Å². The monoisotopic (exact) mass is 1050 g/mol. The summed E-state index contributed by atoms with van der Waals surface area (Å²) in [6.07, 6.45) is 6.07. The summed E-state index contributed by atoms with van der Waals surface area (Å²) in [5.74, 6) is 0. The molecule has 0 N–H and O–H groups in total. The minimum Gasteiger partial charge on any atom is -0.455 e. The summed E-state index contributed by atoms with van der Waals surface area (Å²) in [6.45, 7) is 13.7. The van der Waals surface area contributed by atoms with E-state index in [4.69, 9.17) is 4.42 Å². The third-order valence-electron chi connectivity index (χ3n) is 17.4. The fraction of sp³-hybridized carbons (Fsp3) is 0.128. The predicted molar refractivity (Wildman–Crippen MR) is 342 cm³/mol. The molecule has 13 aromatic rings. The first-order valence-corrected chi connectivity index (χ1v) is 29.0. The maximum Gasteiger partial charge on any atom is 0.143 e. The van der Waals surface area contributed by atoms with Gasteiger partial charge in [-0.3, -0.25) is 0 Å². The lowest BCUT2D eigenvalue weighted by atomic mass is 9.67. The quantitative estimate of drug-likeness (QED) is 0.171. The van der Waals surface area contributed by atoms with Gasteiger partial charge in [-0.1, -0.05) is 275 Å². The highest BCUT2D eigenvalue weighted by atomic mass is 32.1. The van der Waals surface area contributed by atoms with Crippen LogP contribution in [0.4, 0.5) is 0 Å². The molecule has 386 valence electrons. The van der Waals surface area contributed by atoms with Crippen LogP contribution in [-0.4, -0.2) is 0 Å². The number of fused-ring (bicyclic) bond motifs is 13. The second kappa shape index (κ2) is 19.2. The summed E-state index contributed by atoms with van der Waals surface area (Å²) in [6, 6.07) is 88.5. The van der Waals surface area contributed by atoms with Gasteiger partial charge in [0.2, 0.25) is 0 Å². The normalized spacial score (nSPS) is 16.2. The Kier molecular flexibility index (Phi) is 11.9. The first kappa shape index (κ1) is 49.5. The van der Waals surface area contributed by atoms with Crippen LogP contribution in [0.3, 0.4) is 0 Å². The van der Waals surface area contributed by atoms with Gasteiger partial charge < -0.3 is 4.42 Å². The second-order valence-corrected chi connectivity index (χ2v) is 24.5. The number of aryl methyl sites for hydroxylation is 2. The molecule has 0 radical (unpaired) electrons. The van der Waals surface area contributed by atoms with Crippen LogP contribution < -0.4 is 0 Å². The van der Waals surface area contributed by atoms with Gasteiger partial charge in [-0.2, -0.15) is 0 Å². The van der Waals surface area contributed by atoms with Crippen LogP contribution in [0.2, 0.25) is 0 Å². The van der Waals surface area contributed by atoms with Gasteiger partial charge in [-0.05, 0) is 127 Å². The Balaban J connectivity index is 0.000000138. The molecule has 0 saturated heterocycles. The number of allylic oxidation sites excluding steroid dienone is 4. The zero-order valence-electron chi connectivity index (χ0n) is 46.3. The van der Waals surface area contributed by atoms with Crippen LogP contribution in [0.25, 0.3) is 91.8 Å². The lowest BCUT2D eigenvalue weighted by Crippen LogP contribution is -2.28. The summed E-state index contributed by atoms with van der Waals surface area (Å²) < 4.78 is 9.08. The molecule has 2 aromatic heterocycles. The Hall–Kier alpha value is -8.82. The van der Waals surface area contributed by atoms with E-state index in [-0.39, 0.29) is 5.41 Å². The van der Waals surface area contributed by atoms with E-state index >= 15 is 0 Å². The number of hydrogen-bond donors (Lipinski definition) is 0. The summed E-state index contributed by atoms with van der Waals surface area (Å²) in [4.78, 5) is 0. The number of hydrogen-bond acceptors (Lipinski definition) is 2. The molecule has 0 saturated carbocycles. The smallest absolute Gasteiger partial charge is 0.143 e. The third kappa shape index (κ3) is 8.11. The van der Waals surface area contributed by atoms with Crippen LogP contribution in [-0.2, 0) is 10.8 Å². The first-order valence-electron chi connectivity index (χ1n) is 28.2. The lowest BCUT2D eigenvalue weighted by molar-refractivity contribution is 0.472. The van der Waals surface area contributed by atoms with Crippen LogP contribution in [0.5, 0.6) is 0 Å². The largest absolute Gasteiger partial charge is 0.455 e. The fourth-order valence-electron chi connectivity index (χ4n) is 13.4. The van der Waals surface area contributed by atoms with Crippen molar-refractivity contribution in [3.8, 4) is 33.4 Å². The van der Waals surface area contributed by atoms with Gasteiger partial charge in [0.15, 0.2) is 0 Å². The molecule has 1 unspecified atom stereocenters. The SMILES string of the molecule is CC1(C)C=C2C(=CC1)c1ccccc1C2(C)C.Cc1ccc(-c2cccc3ccccc23)cc1.Cc1ccc2c(c1)C(c1ccc(-c3cccc4c3oc3ccccc34)cc1)(c1ccc3c(c1)sc1ccccc13)c1ccccc1-2. The van der Waals surface area contributed by atoms with Gasteiger partial charge in [0.25, 0.3) is 0 Å². The topological polar surface area (TPSA) is 13.1 Å². The maximum atomic E-state index is 6.43. The second-order valence-electron chi connectivity index (χ2n) is 23.4. The lowest BCUT2D eigenvalue weighted by Gasteiger charge is -2.34. The first-order chi connectivity index (χ1) is 39.0. The summed E-state index contributed by atoms with van der Waals surface area (Å²) in [5, 5.41) is 7.57. The molecule has 2 heterocycles. The summed E-state index contributed by atoms with van der Waals surface area (Å²) in [5.41, 5.74) is 23.1. The Morgan fingerprint density at radius 2 is 0.975 bits per heavy atom. The van der Waals surface area contributed by atoms with Crippen molar-refractivity contribution in [1.29, 1.82) is 0 Å². The molecule has 11 aromatic carbocycles. The van der Waals surface area contributed by atoms with Crippen LogP contribution in [0.1, 0.15) is 78.6 Å².